The summed E-state index contributed by atoms with van der Waals surface area (Å²) in [5.41, 5.74) is 0.957. The molecule has 1 amide bonds. The van der Waals surface area contributed by atoms with E-state index in [0.717, 1.165) is 25.9 Å². The SMILES string of the molecule is N#Cc1ccccc1NC(=O)COC(=O)c1cc([N+](=O)[O-])ccc1N1CCCC1. The number of ether oxygens (including phenoxy) is 1. The monoisotopic (exact) mass is 394 g/mol. The molecule has 1 saturated heterocycles. The zero-order chi connectivity index (χ0) is 20.8. The molecule has 0 spiro atoms. The summed E-state index contributed by atoms with van der Waals surface area (Å²) in [7, 11) is 0. The van der Waals surface area contributed by atoms with Crippen LogP contribution in [0.3, 0.4) is 0 Å². The van der Waals surface area contributed by atoms with E-state index in [4.69, 9.17) is 10.00 Å². The van der Waals surface area contributed by atoms with Gasteiger partial charge in [0.25, 0.3) is 11.6 Å². The molecule has 2 aromatic carbocycles. The smallest absolute Gasteiger partial charge is 0.341 e. The lowest BCUT2D eigenvalue weighted by Gasteiger charge is -2.20. The van der Waals surface area contributed by atoms with Crippen molar-refractivity contribution in [3.05, 3.63) is 63.7 Å². The molecule has 1 N–H and O–H groups in total. The lowest BCUT2D eigenvalue weighted by molar-refractivity contribution is -0.384. The second-order valence-corrected chi connectivity index (χ2v) is 6.43. The Balaban J connectivity index is 1.72. The first-order valence-electron chi connectivity index (χ1n) is 8.99. The van der Waals surface area contributed by atoms with Crippen molar-refractivity contribution >= 4 is 28.9 Å². The third-order valence-corrected chi connectivity index (χ3v) is 4.51. The van der Waals surface area contributed by atoms with Crippen molar-refractivity contribution in [1.82, 2.24) is 0 Å². The van der Waals surface area contributed by atoms with E-state index >= 15 is 0 Å². The number of hydrogen-bond acceptors (Lipinski definition) is 7. The number of carbonyl (C=O) groups excluding carboxylic acids is 2. The summed E-state index contributed by atoms with van der Waals surface area (Å²) in [5.74, 6) is -1.44. The second-order valence-electron chi connectivity index (χ2n) is 6.43. The van der Waals surface area contributed by atoms with Crippen LogP contribution in [0.4, 0.5) is 17.1 Å². The van der Waals surface area contributed by atoms with E-state index in [-0.39, 0.29) is 16.8 Å². The van der Waals surface area contributed by atoms with Crippen LogP contribution in [0.1, 0.15) is 28.8 Å². The van der Waals surface area contributed by atoms with Crippen LogP contribution in [0.15, 0.2) is 42.5 Å². The molecule has 1 aliphatic rings. The molecule has 0 unspecified atom stereocenters. The standard InChI is InChI=1S/C20H18N4O5/c21-12-14-5-1-2-6-17(14)22-19(25)13-29-20(26)16-11-15(24(27)28)7-8-18(16)23-9-3-4-10-23/h1-2,5-8,11H,3-4,9-10,13H2,(H,22,25). The second kappa shape index (κ2) is 8.84. The summed E-state index contributed by atoms with van der Waals surface area (Å²) in [6, 6.07) is 12.4. The van der Waals surface area contributed by atoms with Gasteiger partial charge in [-0.2, -0.15) is 5.26 Å². The largest absolute Gasteiger partial charge is 0.452 e. The van der Waals surface area contributed by atoms with Crippen LogP contribution in [-0.4, -0.2) is 36.5 Å². The van der Waals surface area contributed by atoms with Gasteiger partial charge in [-0.25, -0.2) is 4.79 Å². The van der Waals surface area contributed by atoms with Crippen molar-refractivity contribution in [2.75, 3.05) is 29.9 Å². The number of esters is 1. The highest BCUT2D eigenvalue weighted by atomic mass is 16.6. The molecule has 29 heavy (non-hydrogen) atoms. The molecule has 0 aromatic heterocycles. The van der Waals surface area contributed by atoms with Gasteiger partial charge in [0.15, 0.2) is 6.61 Å². The summed E-state index contributed by atoms with van der Waals surface area (Å²) in [6.45, 7) is 0.897. The third-order valence-electron chi connectivity index (χ3n) is 4.51. The average Bonchev–Trinajstić information content (AvgIpc) is 3.26. The van der Waals surface area contributed by atoms with Gasteiger partial charge in [-0.3, -0.25) is 14.9 Å². The van der Waals surface area contributed by atoms with E-state index in [1.165, 1.54) is 18.2 Å². The Hall–Kier alpha value is -3.93. The molecule has 2 aromatic rings. The molecule has 0 bridgehead atoms. The van der Waals surface area contributed by atoms with Gasteiger partial charge in [-0.15, -0.1) is 0 Å². The molecule has 0 aliphatic carbocycles. The molecule has 1 aliphatic heterocycles. The Morgan fingerprint density at radius 3 is 2.62 bits per heavy atom. The fourth-order valence-corrected chi connectivity index (χ4v) is 3.12. The van der Waals surface area contributed by atoms with Gasteiger partial charge in [-0.05, 0) is 31.0 Å². The topological polar surface area (TPSA) is 126 Å². The number of nitriles is 1. The molecular weight excluding hydrogens is 376 g/mol. The fraction of sp³-hybridized carbons (Fsp3) is 0.250. The molecule has 3 rings (SSSR count). The fourth-order valence-electron chi connectivity index (χ4n) is 3.12. The normalized spacial score (nSPS) is 12.9. The van der Waals surface area contributed by atoms with Gasteiger partial charge in [0, 0.05) is 25.2 Å². The van der Waals surface area contributed by atoms with Gasteiger partial charge in [0.05, 0.1) is 27.4 Å². The molecule has 148 valence electrons. The highest BCUT2D eigenvalue weighted by Gasteiger charge is 2.24. The molecule has 0 saturated carbocycles. The van der Waals surface area contributed by atoms with Crippen LogP contribution in [0.5, 0.6) is 0 Å². The molecule has 9 heteroatoms. The first kappa shape index (κ1) is 19.8. The number of nitrogens with one attached hydrogen (secondary N) is 1. The Kier molecular flexibility index (Phi) is 6.04. The van der Waals surface area contributed by atoms with E-state index in [1.54, 1.807) is 24.3 Å². The summed E-state index contributed by atoms with van der Waals surface area (Å²) in [6.07, 6.45) is 1.93. The minimum atomic E-state index is -0.820. The van der Waals surface area contributed by atoms with Gasteiger partial charge < -0.3 is 15.0 Å². The summed E-state index contributed by atoms with van der Waals surface area (Å²) < 4.78 is 5.09. The van der Waals surface area contributed by atoms with Gasteiger partial charge in [0.1, 0.15) is 6.07 Å². The van der Waals surface area contributed by atoms with Gasteiger partial charge in [0.2, 0.25) is 0 Å². The Labute approximate surface area is 166 Å². The number of nitro groups is 1. The number of rotatable bonds is 6. The maximum Gasteiger partial charge on any atom is 0.341 e. The Morgan fingerprint density at radius 1 is 1.21 bits per heavy atom. The number of nitro benzene ring substituents is 1. The minimum Gasteiger partial charge on any atom is -0.452 e. The van der Waals surface area contributed by atoms with E-state index in [1.807, 2.05) is 11.0 Å². The van der Waals surface area contributed by atoms with E-state index < -0.39 is 23.4 Å². The van der Waals surface area contributed by atoms with Crippen molar-refractivity contribution in [2.24, 2.45) is 0 Å². The lowest BCUT2D eigenvalue weighted by atomic mass is 10.1. The summed E-state index contributed by atoms with van der Waals surface area (Å²) in [4.78, 5) is 37.2. The highest BCUT2D eigenvalue weighted by Crippen LogP contribution is 2.29. The van der Waals surface area contributed by atoms with Crippen molar-refractivity contribution in [2.45, 2.75) is 12.8 Å². The number of benzene rings is 2. The third kappa shape index (κ3) is 4.68. The quantitative estimate of drug-likeness (QED) is 0.453. The van der Waals surface area contributed by atoms with Crippen molar-refractivity contribution in [3.8, 4) is 6.07 Å². The van der Waals surface area contributed by atoms with Crippen LogP contribution in [0, 0.1) is 21.4 Å². The average molecular weight is 394 g/mol. The summed E-state index contributed by atoms with van der Waals surface area (Å²) in [5, 5.41) is 22.7. The number of nitrogens with zero attached hydrogens (tertiary/aromatic N) is 3. The maximum atomic E-state index is 12.6. The van der Waals surface area contributed by atoms with E-state index in [2.05, 4.69) is 5.32 Å². The Bertz CT molecular complexity index is 993. The van der Waals surface area contributed by atoms with Gasteiger partial charge >= 0.3 is 5.97 Å². The zero-order valence-corrected chi connectivity index (χ0v) is 15.5. The van der Waals surface area contributed by atoms with Crippen molar-refractivity contribution < 1.29 is 19.2 Å². The van der Waals surface area contributed by atoms with Crippen LogP contribution >= 0.6 is 0 Å². The number of non-ortho nitro benzene ring substituents is 1. The van der Waals surface area contributed by atoms with Crippen LogP contribution < -0.4 is 10.2 Å². The number of hydrogen-bond donors (Lipinski definition) is 1. The minimum absolute atomic E-state index is 0.0475. The number of para-hydroxylation sites is 1. The molecule has 1 fully saturated rings. The first-order chi connectivity index (χ1) is 14.0. The predicted molar refractivity (Wildman–Crippen MR) is 105 cm³/mol. The molecule has 9 nitrogen and oxygen atoms in total. The van der Waals surface area contributed by atoms with Crippen LogP contribution in [-0.2, 0) is 9.53 Å². The number of anilines is 2. The van der Waals surface area contributed by atoms with E-state index in [0.29, 0.717) is 11.4 Å². The van der Waals surface area contributed by atoms with E-state index in [9.17, 15) is 19.7 Å². The Morgan fingerprint density at radius 2 is 1.93 bits per heavy atom. The zero-order valence-electron chi connectivity index (χ0n) is 15.5. The molecule has 1 heterocycles. The van der Waals surface area contributed by atoms with Crippen LogP contribution in [0.2, 0.25) is 0 Å². The molecule has 0 radical (unpaired) electrons. The lowest BCUT2D eigenvalue weighted by Crippen LogP contribution is -2.24. The predicted octanol–water partition coefficient (Wildman–Crippen LogP) is 2.86. The first-order valence-corrected chi connectivity index (χ1v) is 8.99. The van der Waals surface area contributed by atoms with Crippen molar-refractivity contribution in [3.63, 3.8) is 0 Å². The van der Waals surface area contributed by atoms with Crippen molar-refractivity contribution in [1.29, 1.82) is 5.26 Å². The molecular formula is C20H18N4O5. The number of amides is 1. The highest BCUT2D eigenvalue weighted by molar-refractivity contribution is 5.99. The molecule has 0 atom stereocenters. The summed E-state index contributed by atoms with van der Waals surface area (Å²) >= 11 is 0. The van der Waals surface area contributed by atoms with Crippen LogP contribution in [0.25, 0.3) is 0 Å². The maximum absolute atomic E-state index is 12.6. The number of carbonyl (C=O) groups is 2. The van der Waals surface area contributed by atoms with Gasteiger partial charge in [-0.1, -0.05) is 12.1 Å².